The molecule has 0 saturated heterocycles. The molecule has 17 heavy (non-hydrogen) atoms. The number of methoxy groups -OCH3 is 1. The van der Waals surface area contributed by atoms with E-state index in [4.69, 9.17) is 9.47 Å². The Hall–Kier alpha value is -1.97. The van der Waals surface area contributed by atoms with Gasteiger partial charge in [-0.25, -0.2) is 4.79 Å². The molecule has 92 valence electrons. The van der Waals surface area contributed by atoms with Crippen LogP contribution in [-0.4, -0.2) is 26.5 Å². The molecule has 4 nitrogen and oxygen atoms in total. The predicted octanol–water partition coefficient (Wildman–Crippen LogP) is 2.88. The minimum absolute atomic E-state index is 0.199. The first-order valence-corrected chi connectivity index (χ1v) is 5.36. The summed E-state index contributed by atoms with van der Waals surface area (Å²) in [5.74, 6) is 0.810. The van der Waals surface area contributed by atoms with Crippen LogP contribution in [0.2, 0.25) is 0 Å². The number of rotatable bonds is 5. The van der Waals surface area contributed by atoms with Gasteiger partial charge in [0, 0.05) is 0 Å². The lowest BCUT2D eigenvalue weighted by Crippen LogP contribution is -2.06. The fraction of sp³-hybridized carbons (Fsp3) is 0.308. The highest BCUT2D eigenvalue weighted by atomic mass is 16.7. The molecule has 0 aliphatic carbocycles. The van der Waals surface area contributed by atoms with Crippen molar-refractivity contribution in [2.24, 2.45) is 0 Å². The lowest BCUT2D eigenvalue weighted by molar-refractivity contribution is 0.0674. The molecule has 0 amide bonds. The van der Waals surface area contributed by atoms with Crippen molar-refractivity contribution >= 4 is 12.2 Å². The second kappa shape index (κ2) is 7.33. The number of hydrogen-bond acceptors (Lipinski definition) is 4. The van der Waals surface area contributed by atoms with Gasteiger partial charge < -0.3 is 14.2 Å². The maximum atomic E-state index is 10.8. The van der Waals surface area contributed by atoms with Gasteiger partial charge >= 0.3 is 6.16 Å². The number of carbonyl (C=O) groups excluding carboxylic acids is 1. The van der Waals surface area contributed by atoms with Crippen LogP contribution in [0, 0.1) is 0 Å². The maximum Gasteiger partial charge on any atom is 0.508 e. The smallest absolute Gasteiger partial charge is 0.497 e. The van der Waals surface area contributed by atoms with Crippen molar-refractivity contribution in [1.29, 1.82) is 0 Å². The minimum Gasteiger partial charge on any atom is -0.497 e. The van der Waals surface area contributed by atoms with E-state index in [1.54, 1.807) is 20.1 Å². The Balaban J connectivity index is 2.35. The van der Waals surface area contributed by atoms with Crippen LogP contribution in [0.5, 0.6) is 5.75 Å². The first kappa shape index (κ1) is 13.1. The zero-order valence-electron chi connectivity index (χ0n) is 10.0. The lowest BCUT2D eigenvalue weighted by atomic mass is 10.2. The summed E-state index contributed by atoms with van der Waals surface area (Å²) >= 11 is 0. The Morgan fingerprint density at radius 3 is 2.53 bits per heavy atom. The van der Waals surface area contributed by atoms with E-state index in [0.29, 0.717) is 6.61 Å². The topological polar surface area (TPSA) is 44.8 Å². The van der Waals surface area contributed by atoms with Crippen molar-refractivity contribution in [2.45, 2.75) is 6.92 Å². The molecule has 1 aromatic rings. The van der Waals surface area contributed by atoms with Gasteiger partial charge in [0.15, 0.2) is 0 Å². The van der Waals surface area contributed by atoms with Gasteiger partial charge in [-0.15, -0.1) is 0 Å². The summed E-state index contributed by atoms with van der Waals surface area (Å²) in [6.45, 7) is 2.25. The van der Waals surface area contributed by atoms with Crippen molar-refractivity contribution in [3.63, 3.8) is 0 Å². The fourth-order valence-electron chi connectivity index (χ4n) is 1.17. The molecule has 0 saturated carbocycles. The summed E-state index contributed by atoms with van der Waals surface area (Å²) < 4.78 is 14.4. The molecule has 0 aliphatic rings. The molecule has 0 heterocycles. The third-order valence-corrected chi connectivity index (χ3v) is 1.99. The van der Waals surface area contributed by atoms with Gasteiger partial charge in [-0.3, -0.25) is 0 Å². The van der Waals surface area contributed by atoms with Gasteiger partial charge in [-0.1, -0.05) is 18.2 Å². The molecular weight excluding hydrogens is 220 g/mol. The summed E-state index contributed by atoms with van der Waals surface area (Å²) in [7, 11) is 1.62. The monoisotopic (exact) mass is 236 g/mol. The van der Waals surface area contributed by atoms with Gasteiger partial charge in [0.1, 0.15) is 12.4 Å². The Morgan fingerprint density at radius 2 is 1.94 bits per heavy atom. The van der Waals surface area contributed by atoms with Crippen LogP contribution in [-0.2, 0) is 9.47 Å². The zero-order chi connectivity index (χ0) is 12.5. The summed E-state index contributed by atoms with van der Waals surface area (Å²) in [5.41, 5.74) is 1.01. The van der Waals surface area contributed by atoms with Crippen LogP contribution in [0.15, 0.2) is 30.3 Å². The van der Waals surface area contributed by atoms with Crippen molar-refractivity contribution in [3.8, 4) is 5.75 Å². The third kappa shape index (κ3) is 5.06. The highest BCUT2D eigenvalue weighted by Crippen LogP contribution is 2.12. The van der Waals surface area contributed by atoms with Crippen molar-refractivity contribution in [3.05, 3.63) is 35.9 Å². The molecule has 4 heteroatoms. The molecule has 0 fully saturated rings. The van der Waals surface area contributed by atoms with Crippen LogP contribution in [0.25, 0.3) is 6.08 Å². The number of carbonyl (C=O) groups is 1. The molecule has 0 N–H and O–H groups in total. The van der Waals surface area contributed by atoms with E-state index in [1.165, 1.54) is 0 Å². The largest absolute Gasteiger partial charge is 0.508 e. The average molecular weight is 236 g/mol. The molecule has 0 aliphatic heterocycles. The van der Waals surface area contributed by atoms with Gasteiger partial charge in [0.05, 0.1) is 13.7 Å². The number of benzene rings is 1. The number of hydrogen-bond donors (Lipinski definition) is 0. The van der Waals surface area contributed by atoms with Gasteiger partial charge in [0.25, 0.3) is 0 Å². The highest BCUT2D eigenvalue weighted by Gasteiger charge is 1.98. The summed E-state index contributed by atoms with van der Waals surface area (Å²) in [6.07, 6.45) is 2.96. The van der Waals surface area contributed by atoms with E-state index < -0.39 is 6.16 Å². The lowest BCUT2D eigenvalue weighted by Gasteiger charge is -2.01. The Bertz CT molecular complexity index is 368. The van der Waals surface area contributed by atoms with Gasteiger partial charge in [0.2, 0.25) is 0 Å². The molecule has 1 aromatic carbocycles. The van der Waals surface area contributed by atoms with E-state index in [0.717, 1.165) is 11.3 Å². The minimum atomic E-state index is -0.646. The van der Waals surface area contributed by atoms with Crippen LogP contribution >= 0.6 is 0 Å². The van der Waals surface area contributed by atoms with Crippen LogP contribution in [0.1, 0.15) is 12.5 Å². The second-order valence-corrected chi connectivity index (χ2v) is 3.17. The molecular formula is C13H16O4. The van der Waals surface area contributed by atoms with E-state index in [1.807, 2.05) is 30.3 Å². The average Bonchev–Trinajstić information content (AvgIpc) is 2.36. The molecule has 0 radical (unpaired) electrons. The molecule has 0 atom stereocenters. The molecule has 0 aromatic heterocycles. The molecule has 1 rings (SSSR count). The second-order valence-electron chi connectivity index (χ2n) is 3.17. The van der Waals surface area contributed by atoms with Crippen molar-refractivity contribution in [2.75, 3.05) is 20.3 Å². The van der Waals surface area contributed by atoms with E-state index in [9.17, 15) is 4.79 Å². The normalized spacial score (nSPS) is 10.2. The van der Waals surface area contributed by atoms with Crippen LogP contribution < -0.4 is 4.74 Å². The summed E-state index contributed by atoms with van der Waals surface area (Å²) in [6, 6.07) is 7.57. The first-order chi connectivity index (χ1) is 8.26. The predicted molar refractivity (Wildman–Crippen MR) is 65.0 cm³/mol. The maximum absolute atomic E-state index is 10.8. The first-order valence-electron chi connectivity index (χ1n) is 5.36. The quantitative estimate of drug-likeness (QED) is 0.737. The Labute approximate surface area is 101 Å². The Morgan fingerprint density at radius 1 is 1.24 bits per heavy atom. The zero-order valence-corrected chi connectivity index (χ0v) is 10.0. The summed E-state index contributed by atoms with van der Waals surface area (Å²) in [4.78, 5) is 10.8. The van der Waals surface area contributed by atoms with Crippen molar-refractivity contribution in [1.82, 2.24) is 0 Å². The third-order valence-electron chi connectivity index (χ3n) is 1.99. The SMILES string of the molecule is CCOC(=O)OC/C=C/c1ccc(OC)cc1. The number of ether oxygens (including phenoxy) is 3. The fourth-order valence-corrected chi connectivity index (χ4v) is 1.17. The van der Waals surface area contributed by atoms with E-state index in [-0.39, 0.29) is 6.61 Å². The van der Waals surface area contributed by atoms with Crippen LogP contribution in [0.4, 0.5) is 4.79 Å². The van der Waals surface area contributed by atoms with Gasteiger partial charge in [-0.2, -0.15) is 0 Å². The molecule has 0 spiro atoms. The standard InChI is InChI=1S/C13H16O4/c1-3-16-13(14)17-10-4-5-11-6-8-12(15-2)9-7-11/h4-9H,3,10H2,1-2H3/b5-4+. The summed E-state index contributed by atoms with van der Waals surface area (Å²) in [5, 5.41) is 0. The van der Waals surface area contributed by atoms with Crippen LogP contribution in [0.3, 0.4) is 0 Å². The molecule has 0 unspecified atom stereocenters. The van der Waals surface area contributed by atoms with Gasteiger partial charge in [-0.05, 0) is 30.7 Å². The molecule has 0 bridgehead atoms. The van der Waals surface area contributed by atoms with E-state index >= 15 is 0 Å². The Kier molecular flexibility index (Phi) is 5.64. The van der Waals surface area contributed by atoms with E-state index in [2.05, 4.69) is 4.74 Å². The highest BCUT2D eigenvalue weighted by molar-refractivity contribution is 5.60. The van der Waals surface area contributed by atoms with Crippen molar-refractivity contribution < 1.29 is 19.0 Å².